The van der Waals surface area contributed by atoms with E-state index in [2.05, 4.69) is 4.99 Å². The van der Waals surface area contributed by atoms with Gasteiger partial charge in [0.2, 0.25) is 5.91 Å². The monoisotopic (exact) mass is 552 g/mol. The summed E-state index contributed by atoms with van der Waals surface area (Å²) in [5.74, 6) is -0.754. The zero-order valence-electron chi connectivity index (χ0n) is 18.2. The van der Waals surface area contributed by atoms with Crippen LogP contribution in [0.5, 0.6) is 0 Å². The maximum Gasteiger partial charge on any atom is 0.431 e. The molecule has 0 N–H and O–H groups in total. The maximum atomic E-state index is 13.2. The lowest BCUT2D eigenvalue weighted by Crippen LogP contribution is -2.40. The smallest absolute Gasteiger partial charge is 0.431 e. The van der Waals surface area contributed by atoms with Crippen LogP contribution in [0.4, 0.5) is 18.9 Å². The first-order valence-electron chi connectivity index (χ1n) is 9.92. The van der Waals surface area contributed by atoms with Gasteiger partial charge in [0.15, 0.2) is 5.17 Å². The Morgan fingerprint density at radius 2 is 1.86 bits per heavy atom. The van der Waals surface area contributed by atoms with Crippen molar-refractivity contribution in [2.45, 2.75) is 19.5 Å². The molecule has 0 saturated carbocycles. The third kappa shape index (κ3) is 5.73. The van der Waals surface area contributed by atoms with Gasteiger partial charge in [0, 0.05) is 19.7 Å². The molecule has 0 atom stereocenters. The van der Waals surface area contributed by atoms with E-state index >= 15 is 0 Å². The molecule has 2 heterocycles. The van der Waals surface area contributed by atoms with Crippen LogP contribution in [0.1, 0.15) is 19.0 Å². The minimum atomic E-state index is -4.92. The maximum absolute atomic E-state index is 13.2. The Morgan fingerprint density at radius 1 is 1.17 bits per heavy atom. The molecule has 0 bridgehead atoms. The van der Waals surface area contributed by atoms with Crippen molar-refractivity contribution in [3.63, 3.8) is 0 Å². The second kappa shape index (κ2) is 10.5. The van der Waals surface area contributed by atoms with E-state index in [9.17, 15) is 32.3 Å². The van der Waals surface area contributed by atoms with Crippen LogP contribution in [0.25, 0.3) is 5.69 Å². The van der Waals surface area contributed by atoms with Crippen LogP contribution >= 0.6 is 35.0 Å². The third-order valence-corrected chi connectivity index (χ3v) is 6.35. The van der Waals surface area contributed by atoms with Gasteiger partial charge in [0.05, 0.1) is 40.2 Å². The summed E-state index contributed by atoms with van der Waals surface area (Å²) in [7, 11) is 0.869. The number of amides is 1. The highest BCUT2D eigenvalue weighted by Crippen LogP contribution is 2.35. The van der Waals surface area contributed by atoms with Crippen LogP contribution in [0.15, 0.2) is 32.8 Å². The number of hydrogen-bond acceptors (Lipinski definition) is 7. The minimum Gasteiger partial charge on any atom is -0.466 e. The molecular formula is C20H17Cl2F3N4O5S. The van der Waals surface area contributed by atoms with Crippen LogP contribution in [0.2, 0.25) is 10.0 Å². The molecule has 9 nitrogen and oxygen atoms in total. The molecule has 15 heteroatoms. The second-order valence-corrected chi connectivity index (χ2v) is 8.84. The summed E-state index contributed by atoms with van der Waals surface area (Å²) in [6.45, 7) is 1.84. The number of alkyl halides is 3. The fraction of sp³-hybridized carbons (Fsp3) is 0.350. The van der Waals surface area contributed by atoms with Crippen molar-refractivity contribution in [1.29, 1.82) is 0 Å². The van der Waals surface area contributed by atoms with Crippen molar-refractivity contribution in [2.75, 3.05) is 18.9 Å². The van der Waals surface area contributed by atoms with Gasteiger partial charge in [-0.15, -0.1) is 0 Å². The molecule has 0 unspecified atom stereocenters. The Bertz CT molecular complexity index is 1340. The molecule has 2 aromatic rings. The first kappa shape index (κ1) is 26.8. The minimum absolute atomic E-state index is 0.000468. The van der Waals surface area contributed by atoms with E-state index in [0.29, 0.717) is 4.57 Å². The lowest BCUT2D eigenvalue weighted by Gasteiger charge is -2.17. The average molecular weight is 553 g/mol. The summed E-state index contributed by atoms with van der Waals surface area (Å²) in [6, 6.07) is 2.60. The van der Waals surface area contributed by atoms with E-state index in [-0.39, 0.29) is 68.5 Å². The normalized spacial score (nSPS) is 15.2. The van der Waals surface area contributed by atoms with Crippen molar-refractivity contribution < 1.29 is 27.5 Å². The highest BCUT2D eigenvalue weighted by atomic mass is 35.5. The van der Waals surface area contributed by atoms with Gasteiger partial charge >= 0.3 is 17.8 Å². The summed E-state index contributed by atoms with van der Waals surface area (Å²) >= 11 is 13.4. The zero-order chi connectivity index (χ0) is 26.1. The second-order valence-electron chi connectivity index (χ2n) is 7.08. The zero-order valence-corrected chi connectivity index (χ0v) is 20.5. The first-order chi connectivity index (χ1) is 16.3. The molecule has 0 aliphatic carbocycles. The third-order valence-electron chi connectivity index (χ3n) is 4.79. The molecular weight excluding hydrogens is 536 g/mol. The lowest BCUT2D eigenvalue weighted by atomic mass is 10.2. The molecule has 1 aromatic heterocycles. The Kier molecular flexibility index (Phi) is 8.02. The van der Waals surface area contributed by atoms with Crippen LogP contribution in [-0.4, -0.2) is 50.0 Å². The number of carbonyl (C=O) groups excluding carboxylic acids is 2. The summed E-state index contributed by atoms with van der Waals surface area (Å²) < 4.78 is 45.1. The van der Waals surface area contributed by atoms with Gasteiger partial charge < -0.3 is 4.74 Å². The predicted octanol–water partition coefficient (Wildman–Crippen LogP) is 3.38. The molecule has 1 fully saturated rings. The molecule has 1 amide bonds. The molecule has 1 aromatic carbocycles. The largest absolute Gasteiger partial charge is 0.466 e. The predicted molar refractivity (Wildman–Crippen MR) is 125 cm³/mol. The highest BCUT2D eigenvalue weighted by Gasteiger charge is 2.35. The summed E-state index contributed by atoms with van der Waals surface area (Å²) in [6.07, 6.45) is -5.00. The standard InChI is InChI=1S/C20H17Cl2F3N4O5S/c1-3-34-17(32)4-5-28-16(31)9-35-18(28)26-12-7-13(11(22)6-10(12)21)29-15(30)8-14(20(23,24)25)27(2)19(29)33/h6-8H,3-5,9H2,1-2H3. The summed E-state index contributed by atoms with van der Waals surface area (Å²) in [4.78, 5) is 54.6. The molecule has 3 rings (SSSR count). The number of rotatable bonds is 6. The number of aliphatic imine (C=N–C) groups is 1. The van der Waals surface area contributed by atoms with Crippen molar-refractivity contribution in [1.82, 2.24) is 14.0 Å². The summed E-state index contributed by atoms with van der Waals surface area (Å²) in [5.41, 5.74) is -4.22. The number of nitrogens with zero attached hydrogens (tertiary/aromatic N) is 4. The van der Waals surface area contributed by atoms with Gasteiger partial charge in [-0.3, -0.25) is 23.9 Å². The van der Waals surface area contributed by atoms with Crippen LogP contribution in [0, 0.1) is 0 Å². The van der Waals surface area contributed by atoms with Crippen LogP contribution in [0.3, 0.4) is 0 Å². The number of aromatic nitrogens is 2. The first-order valence-corrected chi connectivity index (χ1v) is 11.7. The molecule has 0 spiro atoms. The van der Waals surface area contributed by atoms with E-state index < -0.39 is 29.1 Å². The SMILES string of the molecule is CCOC(=O)CCN1C(=O)CSC1=Nc1cc(-n2c(=O)cc(C(F)(F)F)n(C)c2=O)c(Cl)cc1Cl. The number of amidine groups is 1. The topological polar surface area (TPSA) is 103 Å². The molecule has 35 heavy (non-hydrogen) atoms. The Hall–Kier alpha value is -2.77. The molecule has 1 saturated heterocycles. The number of benzene rings is 1. The van der Waals surface area contributed by atoms with E-state index in [1.165, 1.54) is 11.0 Å². The molecule has 0 radical (unpaired) electrons. The molecule has 188 valence electrons. The Balaban J connectivity index is 2.07. The van der Waals surface area contributed by atoms with Gasteiger partial charge in [-0.2, -0.15) is 13.2 Å². The van der Waals surface area contributed by atoms with Gasteiger partial charge in [0.25, 0.3) is 5.56 Å². The van der Waals surface area contributed by atoms with Crippen LogP contribution in [-0.2, 0) is 27.5 Å². The fourth-order valence-corrected chi connectivity index (χ4v) is 4.57. The Labute approximate surface area is 210 Å². The number of hydrogen-bond donors (Lipinski definition) is 0. The lowest BCUT2D eigenvalue weighted by molar-refractivity contribution is -0.144. The Morgan fingerprint density at radius 3 is 2.49 bits per heavy atom. The van der Waals surface area contributed by atoms with Gasteiger partial charge in [-0.05, 0) is 19.1 Å². The average Bonchev–Trinajstić information content (AvgIpc) is 3.10. The quantitative estimate of drug-likeness (QED) is 0.509. The van der Waals surface area contributed by atoms with Crippen molar-refractivity contribution >= 4 is 57.7 Å². The van der Waals surface area contributed by atoms with Crippen molar-refractivity contribution in [2.24, 2.45) is 12.0 Å². The number of thioether (sulfide) groups is 1. The molecule has 1 aliphatic rings. The number of halogens is 5. The van der Waals surface area contributed by atoms with Gasteiger partial charge in [0.1, 0.15) is 5.69 Å². The molecule has 1 aliphatic heterocycles. The van der Waals surface area contributed by atoms with Crippen molar-refractivity contribution in [3.8, 4) is 5.69 Å². The summed E-state index contributed by atoms with van der Waals surface area (Å²) in [5, 5.41) is 0.00249. The fourth-order valence-electron chi connectivity index (χ4n) is 3.14. The van der Waals surface area contributed by atoms with Gasteiger partial charge in [-0.25, -0.2) is 14.4 Å². The highest BCUT2D eigenvalue weighted by molar-refractivity contribution is 8.15. The van der Waals surface area contributed by atoms with E-state index in [1.807, 2.05) is 0 Å². The van der Waals surface area contributed by atoms with Crippen LogP contribution < -0.4 is 11.2 Å². The van der Waals surface area contributed by atoms with Gasteiger partial charge in [-0.1, -0.05) is 35.0 Å². The number of ether oxygens (including phenoxy) is 1. The number of esters is 1. The number of carbonyl (C=O) groups is 2. The van der Waals surface area contributed by atoms with Crippen molar-refractivity contribution in [3.05, 3.63) is 54.8 Å². The van der Waals surface area contributed by atoms with E-state index in [1.54, 1.807) is 6.92 Å². The van der Waals surface area contributed by atoms with E-state index in [0.717, 1.165) is 24.9 Å². The van der Waals surface area contributed by atoms with E-state index in [4.69, 9.17) is 27.9 Å².